The lowest BCUT2D eigenvalue weighted by molar-refractivity contribution is -0.0501. The third-order valence-electron chi connectivity index (χ3n) is 4.46. The largest absolute Gasteiger partial charge is 0.433 e. The number of amides is 1. The number of aryl methyl sites for hydroxylation is 1. The number of nitrogens with one attached hydrogen (secondary N) is 1. The van der Waals surface area contributed by atoms with Gasteiger partial charge in [0.25, 0.3) is 12.3 Å². The molecule has 1 aliphatic rings. The van der Waals surface area contributed by atoms with E-state index in [-0.39, 0.29) is 35.1 Å². The van der Waals surface area contributed by atoms with E-state index in [1.165, 1.54) is 13.0 Å². The average Bonchev–Trinajstić information content (AvgIpc) is 2.68. The van der Waals surface area contributed by atoms with Crippen LogP contribution in [-0.2, 0) is 10.3 Å². The summed E-state index contributed by atoms with van der Waals surface area (Å²) in [5.74, 6) is -2.21. The molecule has 0 aliphatic carbocycles. The fourth-order valence-corrected chi connectivity index (χ4v) is 3.08. The molecule has 0 saturated heterocycles. The highest BCUT2D eigenvalue weighted by atomic mass is 19.3. The van der Waals surface area contributed by atoms with Crippen LogP contribution in [0.15, 0.2) is 35.5 Å². The number of anilines is 1. The van der Waals surface area contributed by atoms with E-state index < -0.39 is 42.5 Å². The summed E-state index contributed by atoms with van der Waals surface area (Å²) in [5, 5.41) is 2.41. The number of ether oxygens (including phenoxy) is 2. The van der Waals surface area contributed by atoms with E-state index in [0.717, 1.165) is 24.4 Å². The number of nitrogens with two attached hydrogens (primary N) is 1. The number of benzene rings is 1. The Morgan fingerprint density at radius 3 is 2.65 bits per heavy atom. The highest BCUT2D eigenvalue weighted by Crippen LogP contribution is 2.38. The first kappa shape index (κ1) is 22.4. The number of carbonyl (C=O) groups is 1. The Balaban J connectivity index is 1.90. The number of rotatable bonds is 6. The van der Waals surface area contributed by atoms with Crippen molar-refractivity contribution in [3.05, 3.63) is 53.1 Å². The van der Waals surface area contributed by atoms with E-state index in [1.807, 2.05) is 0 Å². The van der Waals surface area contributed by atoms with Gasteiger partial charge in [-0.3, -0.25) is 9.79 Å². The van der Waals surface area contributed by atoms with E-state index in [9.17, 15) is 26.7 Å². The van der Waals surface area contributed by atoms with Gasteiger partial charge in [-0.25, -0.2) is 18.2 Å². The second-order valence-corrected chi connectivity index (χ2v) is 6.68. The zero-order valence-corrected chi connectivity index (χ0v) is 16.0. The second kappa shape index (κ2) is 8.84. The first-order valence-electron chi connectivity index (χ1n) is 8.85. The molecule has 0 fully saturated rings. The first-order valence-corrected chi connectivity index (χ1v) is 8.85. The molecule has 1 amide bonds. The number of aliphatic imine (C=N–C) groups is 1. The summed E-state index contributed by atoms with van der Waals surface area (Å²) < 4.78 is 76.1. The number of pyridine rings is 1. The summed E-state index contributed by atoms with van der Waals surface area (Å²) in [7, 11) is 0. The lowest BCUT2D eigenvalue weighted by Crippen LogP contribution is -2.45. The van der Waals surface area contributed by atoms with Crippen LogP contribution in [0.25, 0.3) is 0 Å². The van der Waals surface area contributed by atoms with Crippen LogP contribution in [0.1, 0.15) is 21.6 Å². The van der Waals surface area contributed by atoms with Gasteiger partial charge in [0.15, 0.2) is 5.54 Å². The fraction of sp³-hybridized carbons (Fsp3) is 0.316. The minimum Gasteiger partial charge on any atom is -0.433 e. The topological polar surface area (TPSA) is 98.8 Å². The van der Waals surface area contributed by atoms with Crippen molar-refractivity contribution in [2.45, 2.75) is 25.5 Å². The van der Waals surface area contributed by atoms with Crippen LogP contribution in [0, 0.1) is 12.7 Å². The third-order valence-corrected chi connectivity index (χ3v) is 4.46. The number of nitrogens with zero attached hydrogens (tertiary/aromatic N) is 2. The molecule has 2 aromatic rings. The number of halogens is 5. The molecule has 1 aromatic heterocycles. The molecule has 1 aromatic carbocycles. The smallest absolute Gasteiger partial charge is 0.387 e. The van der Waals surface area contributed by atoms with Crippen molar-refractivity contribution in [2.24, 2.45) is 10.7 Å². The van der Waals surface area contributed by atoms with Gasteiger partial charge in [-0.05, 0) is 36.8 Å². The SMILES string of the molecule is Cc1cc(OC(F)F)cnc1C(=O)Nc1ccc(F)c([C@]2(C(F)F)COCC(N)=N2)c1. The van der Waals surface area contributed by atoms with Gasteiger partial charge in [-0.1, -0.05) is 0 Å². The fourth-order valence-electron chi connectivity index (χ4n) is 3.08. The Morgan fingerprint density at radius 2 is 2.03 bits per heavy atom. The van der Waals surface area contributed by atoms with E-state index >= 15 is 0 Å². The summed E-state index contributed by atoms with van der Waals surface area (Å²) in [4.78, 5) is 20.1. The molecule has 166 valence electrons. The highest BCUT2D eigenvalue weighted by molar-refractivity contribution is 6.03. The normalized spacial score (nSPS) is 18.8. The quantitative estimate of drug-likeness (QED) is 0.667. The minimum atomic E-state index is -3.14. The number of aromatic nitrogens is 1. The van der Waals surface area contributed by atoms with E-state index in [1.54, 1.807) is 0 Å². The molecule has 12 heteroatoms. The molecule has 0 unspecified atom stereocenters. The first-order chi connectivity index (χ1) is 14.6. The maximum Gasteiger partial charge on any atom is 0.387 e. The maximum atomic E-state index is 14.5. The molecule has 1 atom stereocenters. The standard InChI is InChI=1S/C19H17F5N4O3/c1-9-4-11(31-18(23)24)6-26-15(9)16(29)27-10-2-3-13(20)12(5-10)19(17(21)22)8-30-7-14(25)28-19/h2-6,17-18H,7-8H2,1H3,(H2,25,28)(H,27,29)/t19-/m0/s1. The van der Waals surface area contributed by atoms with Gasteiger partial charge in [-0.15, -0.1) is 0 Å². The summed E-state index contributed by atoms with van der Waals surface area (Å²) in [6.45, 7) is -2.38. The number of carbonyl (C=O) groups excluding carboxylic acids is 1. The molecule has 1 aliphatic heterocycles. The molecule has 0 saturated carbocycles. The number of amidine groups is 1. The highest BCUT2D eigenvalue weighted by Gasteiger charge is 2.46. The summed E-state index contributed by atoms with van der Waals surface area (Å²) in [5.41, 5.74) is 2.73. The third kappa shape index (κ3) is 4.74. The lowest BCUT2D eigenvalue weighted by Gasteiger charge is -2.33. The average molecular weight is 444 g/mol. The van der Waals surface area contributed by atoms with Gasteiger partial charge in [0.1, 0.15) is 29.7 Å². The molecule has 3 N–H and O–H groups in total. The summed E-state index contributed by atoms with van der Waals surface area (Å²) in [6.07, 6.45) is -2.20. The Labute approximate surface area is 173 Å². The second-order valence-electron chi connectivity index (χ2n) is 6.68. The van der Waals surface area contributed by atoms with Crippen LogP contribution in [0.3, 0.4) is 0 Å². The molecule has 0 radical (unpaired) electrons. The predicted octanol–water partition coefficient (Wildman–Crippen LogP) is 3.23. The number of alkyl halides is 4. The van der Waals surface area contributed by atoms with E-state index in [4.69, 9.17) is 10.5 Å². The Kier molecular flexibility index (Phi) is 6.39. The van der Waals surface area contributed by atoms with Crippen molar-refractivity contribution in [2.75, 3.05) is 18.5 Å². The van der Waals surface area contributed by atoms with Crippen LogP contribution in [0.5, 0.6) is 5.75 Å². The van der Waals surface area contributed by atoms with E-state index in [2.05, 4.69) is 20.0 Å². The van der Waals surface area contributed by atoms with Crippen LogP contribution >= 0.6 is 0 Å². The van der Waals surface area contributed by atoms with Crippen molar-refractivity contribution in [1.29, 1.82) is 0 Å². The maximum absolute atomic E-state index is 14.5. The van der Waals surface area contributed by atoms with Crippen molar-refractivity contribution in [3.8, 4) is 5.75 Å². The molecule has 0 spiro atoms. The van der Waals surface area contributed by atoms with Crippen molar-refractivity contribution >= 4 is 17.4 Å². The zero-order valence-electron chi connectivity index (χ0n) is 16.0. The molecular weight excluding hydrogens is 427 g/mol. The van der Waals surface area contributed by atoms with Gasteiger partial charge in [-0.2, -0.15) is 8.78 Å². The van der Waals surface area contributed by atoms with Gasteiger partial charge < -0.3 is 20.5 Å². The van der Waals surface area contributed by atoms with Gasteiger partial charge in [0, 0.05) is 11.3 Å². The molecule has 2 heterocycles. The molecular formula is C19H17F5N4O3. The Hall–Kier alpha value is -3.28. The Bertz CT molecular complexity index is 1020. The number of hydrogen-bond donors (Lipinski definition) is 2. The van der Waals surface area contributed by atoms with Gasteiger partial charge in [0.05, 0.1) is 12.8 Å². The van der Waals surface area contributed by atoms with Gasteiger partial charge >= 0.3 is 6.61 Å². The molecule has 31 heavy (non-hydrogen) atoms. The zero-order chi connectivity index (χ0) is 22.8. The lowest BCUT2D eigenvalue weighted by atomic mass is 9.90. The van der Waals surface area contributed by atoms with Gasteiger partial charge in [0.2, 0.25) is 0 Å². The van der Waals surface area contributed by atoms with Crippen molar-refractivity contribution in [1.82, 2.24) is 4.98 Å². The minimum absolute atomic E-state index is 0.0186. The monoisotopic (exact) mass is 444 g/mol. The summed E-state index contributed by atoms with van der Waals surface area (Å²) >= 11 is 0. The van der Waals surface area contributed by atoms with Crippen LogP contribution in [-0.4, -0.2) is 43.0 Å². The predicted molar refractivity (Wildman–Crippen MR) is 100 cm³/mol. The molecule has 7 nitrogen and oxygen atoms in total. The van der Waals surface area contributed by atoms with E-state index in [0.29, 0.717) is 0 Å². The Morgan fingerprint density at radius 1 is 1.29 bits per heavy atom. The molecule has 0 bridgehead atoms. The van der Waals surface area contributed by atoms with Crippen LogP contribution in [0.2, 0.25) is 0 Å². The van der Waals surface area contributed by atoms with Crippen molar-refractivity contribution < 1.29 is 36.2 Å². The number of hydrogen-bond acceptors (Lipinski definition) is 6. The van der Waals surface area contributed by atoms with Crippen LogP contribution in [0.4, 0.5) is 27.6 Å². The van der Waals surface area contributed by atoms with Crippen LogP contribution < -0.4 is 15.8 Å². The van der Waals surface area contributed by atoms with Crippen molar-refractivity contribution in [3.63, 3.8) is 0 Å². The summed E-state index contributed by atoms with van der Waals surface area (Å²) in [6, 6.07) is 4.26. The molecule has 3 rings (SSSR count).